The van der Waals surface area contributed by atoms with E-state index in [9.17, 15) is 18.7 Å². The predicted octanol–water partition coefficient (Wildman–Crippen LogP) is 3.01. The van der Waals surface area contributed by atoms with Gasteiger partial charge in [0.2, 0.25) is 5.91 Å². The first-order chi connectivity index (χ1) is 14.0. The fraction of sp³-hybridized carbons (Fsp3) is 0.100. The van der Waals surface area contributed by atoms with Crippen molar-refractivity contribution in [2.75, 3.05) is 11.9 Å². The van der Waals surface area contributed by atoms with Crippen molar-refractivity contribution in [2.24, 2.45) is 5.73 Å². The first kappa shape index (κ1) is 18.6. The molecule has 0 atom stereocenters. The van der Waals surface area contributed by atoms with Gasteiger partial charge in [-0.25, -0.2) is 13.8 Å². The third kappa shape index (κ3) is 3.55. The van der Waals surface area contributed by atoms with Crippen LogP contribution in [0.25, 0.3) is 17.5 Å². The Kier molecular flexibility index (Phi) is 4.73. The number of aromatic nitrogens is 2. The number of phenols is 1. The Hall–Kier alpha value is -3.72. The van der Waals surface area contributed by atoms with Crippen LogP contribution in [0.2, 0.25) is 0 Å². The van der Waals surface area contributed by atoms with Crippen LogP contribution >= 0.6 is 0 Å². The SMILES string of the molecule is NCC(=O)N1C=Cn2c(nc(-c3ccc(F)cc3O)c2Nc2ccc(F)cc2)C1. The van der Waals surface area contributed by atoms with Crippen LogP contribution in [0.15, 0.2) is 48.7 Å². The number of benzene rings is 2. The number of phenolic OH excluding ortho intramolecular Hbond substituents is 1. The van der Waals surface area contributed by atoms with Gasteiger partial charge in [0.05, 0.1) is 13.1 Å². The van der Waals surface area contributed by atoms with Gasteiger partial charge < -0.3 is 21.1 Å². The van der Waals surface area contributed by atoms with Crippen LogP contribution in [0.4, 0.5) is 20.3 Å². The first-order valence-corrected chi connectivity index (χ1v) is 8.76. The van der Waals surface area contributed by atoms with Crippen molar-refractivity contribution in [2.45, 2.75) is 6.54 Å². The van der Waals surface area contributed by atoms with Crippen LogP contribution in [0, 0.1) is 11.6 Å². The van der Waals surface area contributed by atoms with Gasteiger partial charge in [-0.2, -0.15) is 0 Å². The van der Waals surface area contributed by atoms with E-state index in [1.54, 1.807) is 29.1 Å². The lowest BCUT2D eigenvalue weighted by Gasteiger charge is -2.22. The second-order valence-electron chi connectivity index (χ2n) is 6.41. The van der Waals surface area contributed by atoms with Crippen LogP contribution in [0.3, 0.4) is 0 Å². The molecule has 29 heavy (non-hydrogen) atoms. The number of imidazole rings is 1. The third-order valence-electron chi connectivity index (χ3n) is 4.51. The number of nitrogens with two attached hydrogens (primary N) is 1. The molecule has 2 heterocycles. The van der Waals surface area contributed by atoms with E-state index in [-0.39, 0.29) is 30.6 Å². The molecule has 0 saturated carbocycles. The molecule has 2 aromatic carbocycles. The molecule has 0 radical (unpaired) electrons. The molecule has 0 aliphatic carbocycles. The Morgan fingerprint density at radius 1 is 1.14 bits per heavy atom. The Morgan fingerprint density at radius 2 is 1.86 bits per heavy atom. The highest BCUT2D eigenvalue weighted by Crippen LogP contribution is 2.37. The molecule has 3 aromatic rings. The topological polar surface area (TPSA) is 96.4 Å². The first-order valence-electron chi connectivity index (χ1n) is 8.76. The number of nitrogens with zero attached hydrogens (tertiary/aromatic N) is 3. The quantitative estimate of drug-likeness (QED) is 0.629. The summed E-state index contributed by atoms with van der Waals surface area (Å²) in [7, 11) is 0. The zero-order valence-electron chi connectivity index (χ0n) is 15.1. The Morgan fingerprint density at radius 3 is 2.55 bits per heavy atom. The molecule has 148 valence electrons. The average Bonchev–Trinajstić information content (AvgIpc) is 3.06. The van der Waals surface area contributed by atoms with Crippen LogP contribution in [0.5, 0.6) is 5.75 Å². The van der Waals surface area contributed by atoms with Gasteiger partial charge in [0.25, 0.3) is 0 Å². The lowest BCUT2D eigenvalue weighted by molar-refractivity contribution is -0.127. The molecule has 9 heteroatoms. The second-order valence-corrected chi connectivity index (χ2v) is 6.41. The van der Waals surface area contributed by atoms with Crippen LogP contribution in [0.1, 0.15) is 5.82 Å². The molecular weight excluding hydrogens is 380 g/mol. The molecule has 0 fully saturated rings. The van der Waals surface area contributed by atoms with E-state index < -0.39 is 5.82 Å². The Bertz CT molecular complexity index is 1110. The molecule has 0 saturated heterocycles. The summed E-state index contributed by atoms with van der Waals surface area (Å²) >= 11 is 0. The van der Waals surface area contributed by atoms with Crippen molar-refractivity contribution in [1.29, 1.82) is 0 Å². The normalized spacial score (nSPS) is 12.7. The number of nitrogens with one attached hydrogen (secondary N) is 1. The molecule has 7 nitrogen and oxygen atoms in total. The zero-order valence-corrected chi connectivity index (χ0v) is 15.1. The molecule has 4 rings (SSSR count). The van der Waals surface area contributed by atoms with Gasteiger partial charge in [-0.15, -0.1) is 0 Å². The Balaban J connectivity index is 1.82. The molecule has 1 aliphatic heterocycles. The Labute approximate surface area is 164 Å². The number of rotatable bonds is 4. The lowest BCUT2D eigenvalue weighted by atomic mass is 10.1. The van der Waals surface area contributed by atoms with Crippen LogP contribution in [-0.4, -0.2) is 32.0 Å². The summed E-state index contributed by atoms with van der Waals surface area (Å²) in [6.07, 6.45) is 3.21. The highest BCUT2D eigenvalue weighted by atomic mass is 19.1. The van der Waals surface area contributed by atoms with Crippen molar-refractivity contribution in [1.82, 2.24) is 14.5 Å². The smallest absolute Gasteiger partial charge is 0.240 e. The van der Waals surface area contributed by atoms with E-state index in [0.29, 0.717) is 28.6 Å². The van der Waals surface area contributed by atoms with E-state index in [2.05, 4.69) is 10.3 Å². The van der Waals surface area contributed by atoms with Crippen molar-refractivity contribution >= 4 is 23.6 Å². The standard InChI is InChI=1S/C20H17F2N5O2/c21-12-1-4-14(5-2-12)24-20-19(15-6-3-13(22)9-16(15)28)25-17-11-26(18(29)10-23)7-8-27(17)20/h1-9,24,28H,10-11,23H2. The number of fused-ring (bicyclic) bond motifs is 1. The van der Waals surface area contributed by atoms with Gasteiger partial charge in [-0.1, -0.05) is 0 Å². The largest absolute Gasteiger partial charge is 0.507 e. The van der Waals surface area contributed by atoms with Gasteiger partial charge >= 0.3 is 0 Å². The summed E-state index contributed by atoms with van der Waals surface area (Å²) < 4.78 is 28.4. The number of hydrogen-bond acceptors (Lipinski definition) is 5. The number of amides is 1. The second kappa shape index (κ2) is 7.36. The fourth-order valence-electron chi connectivity index (χ4n) is 3.07. The number of aromatic hydroxyl groups is 1. The molecule has 4 N–H and O–H groups in total. The monoisotopic (exact) mass is 397 g/mol. The van der Waals surface area contributed by atoms with Crippen molar-refractivity contribution in [3.63, 3.8) is 0 Å². The minimum Gasteiger partial charge on any atom is -0.507 e. The fourth-order valence-corrected chi connectivity index (χ4v) is 3.07. The maximum absolute atomic E-state index is 13.5. The number of halogens is 2. The number of hydrogen-bond donors (Lipinski definition) is 3. The molecule has 0 unspecified atom stereocenters. The summed E-state index contributed by atoms with van der Waals surface area (Å²) in [4.78, 5) is 17.9. The van der Waals surface area contributed by atoms with Gasteiger partial charge in [0, 0.05) is 29.7 Å². The summed E-state index contributed by atoms with van der Waals surface area (Å²) in [5.41, 5.74) is 6.69. The zero-order chi connectivity index (χ0) is 20.5. The maximum atomic E-state index is 13.5. The highest BCUT2D eigenvalue weighted by Gasteiger charge is 2.25. The van der Waals surface area contributed by atoms with E-state index in [1.807, 2.05) is 0 Å². The average molecular weight is 397 g/mol. The summed E-state index contributed by atoms with van der Waals surface area (Å²) in [6.45, 7) is 0.0317. The summed E-state index contributed by atoms with van der Waals surface area (Å²) in [6, 6.07) is 9.36. The number of carbonyl (C=O) groups is 1. The number of anilines is 2. The molecule has 0 bridgehead atoms. The minimum atomic E-state index is -0.581. The minimum absolute atomic E-state index is 0.142. The molecular formula is C20H17F2N5O2. The summed E-state index contributed by atoms with van der Waals surface area (Å²) in [5, 5.41) is 13.4. The molecule has 1 amide bonds. The van der Waals surface area contributed by atoms with Gasteiger partial charge in [0.1, 0.15) is 34.7 Å². The van der Waals surface area contributed by atoms with Gasteiger partial charge in [-0.3, -0.25) is 9.36 Å². The van der Waals surface area contributed by atoms with Crippen molar-refractivity contribution < 1.29 is 18.7 Å². The third-order valence-corrected chi connectivity index (χ3v) is 4.51. The maximum Gasteiger partial charge on any atom is 0.240 e. The molecule has 1 aliphatic rings. The van der Waals surface area contributed by atoms with Gasteiger partial charge in [0.15, 0.2) is 0 Å². The highest BCUT2D eigenvalue weighted by molar-refractivity contribution is 5.83. The summed E-state index contributed by atoms with van der Waals surface area (Å²) in [5.74, 6) is -0.514. The van der Waals surface area contributed by atoms with Crippen molar-refractivity contribution in [3.8, 4) is 17.0 Å². The van der Waals surface area contributed by atoms with Crippen LogP contribution in [-0.2, 0) is 11.3 Å². The van der Waals surface area contributed by atoms with E-state index in [0.717, 1.165) is 6.07 Å². The van der Waals surface area contributed by atoms with Gasteiger partial charge in [-0.05, 0) is 36.4 Å². The van der Waals surface area contributed by atoms with Crippen molar-refractivity contribution in [3.05, 3.63) is 66.1 Å². The molecule has 1 aromatic heterocycles. The lowest BCUT2D eigenvalue weighted by Crippen LogP contribution is -2.33. The predicted molar refractivity (Wildman–Crippen MR) is 104 cm³/mol. The molecule has 0 spiro atoms. The van der Waals surface area contributed by atoms with Crippen LogP contribution < -0.4 is 11.1 Å². The number of carbonyl (C=O) groups excluding carboxylic acids is 1. The van der Waals surface area contributed by atoms with E-state index in [4.69, 9.17) is 5.73 Å². The van der Waals surface area contributed by atoms with E-state index >= 15 is 0 Å². The van der Waals surface area contributed by atoms with E-state index in [1.165, 1.54) is 29.2 Å².